The van der Waals surface area contributed by atoms with Crippen molar-refractivity contribution in [3.63, 3.8) is 0 Å². The maximum absolute atomic E-state index is 5.30. The largest absolute Gasteiger partial charge is 0.338 e. The summed E-state index contributed by atoms with van der Waals surface area (Å²) in [7, 11) is 0. The summed E-state index contributed by atoms with van der Waals surface area (Å²) in [6.07, 6.45) is 0.814. The smallest absolute Gasteiger partial charge is 0.237 e. The average Bonchev–Trinajstić information content (AvgIpc) is 3.14. The molecule has 0 bridgehead atoms. The van der Waals surface area contributed by atoms with Crippen LogP contribution in [0.5, 0.6) is 0 Å². The molecule has 8 heteroatoms. The number of aromatic nitrogens is 6. The van der Waals surface area contributed by atoms with E-state index in [1.54, 1.807) is 4.68 Å². The Labute approximate surface area is 144 Å². The molecule has 2 aromatic heterocycles. The zero-order chi connectivity index (χ0) is 17.1. The number of nitrogens with zero attached hydrogens (tertiary/aromatic N) is 6. The minimum absolute atomic E-state index is 0.499. The number of hydrogen-bond acceptors (Lipinski definition) is 7. The summed E-state index contributed by atoms with van der Waals surface area (Å²) in [5, 5.41) is 16.8. The van der Waals surface area contributed by atoms with Gasteiger partial charge in [-0.1, -0.05) is 49.0 Å². The lowest BCUT2D eigenvalue weighted by Crippen LogP contribution is -2.04. The molecule has 0 aliphatic heterocycles. The first kappa shape index (κ1) is 16.6. The van der Waals surface area contributed by atoms with E-state index in [0.717, 1.165) is 29.1 Å². The van der Waals surface area contributed by atoms with Gasteiger partial charge < -0.3 is 4.52 Å². The second-order valence-electron chi connectivity index (χ2n) is 6.10. The van der Waals surface area contributed by atoms with Gasteiger partial charge in [0.2, 0.25) is 11.0 Å². The third-order valence-electron chi connectivity index (χ3n) is 3.52. The molecule has 0 amide bonds. The first-order valence-electron chi connectivity index (χ1n) is 7.84. The number of aryl methyl sites for hydroxylation is 2. The van der Waals surface area contributed by atoms with Gasteiger partial charge in [0.15, 0.2) is 5.82 Å². The quantitative estimate of drug-likeness (QED) is 0.635. The normalized spacial score (nSPS) is 11.4. The van der Waals surface area contributed by atoms with Crippen molar-refractivity contribution in [3.05, 3.63) is 41.0 Å². The van der Waals surface area contributed by atoms with Gasteiger partial charge >= 0.3 is 0 Å². The molecule has 7 nitrogen and oxygen atoms in total. The number of benzene rings is 1. The molecule has 0 saturated heterocycles. The Balaban J connectivity index is 1.76. The van der Waals surface area contributed by atoms with Gasteiger partial charge in [0.1, 0.15) is 0 Å². The first-order valence-corrected chi connectivity index (χ1v) is 8.82. The number of tetrazole rings is 1. The molecular weight excluding hydrogens is 324 g/mol. The molecule has 0 spiro atoms. The van der Waals surface area contributed by atoms with Gasteiger partial charge in [-0.3, -0.25) is 0 Å². The highest BCUT2D eigenvalue weighted by Crippen LogP contribution is 2.25. The van der Waals surface area contributed by atoms with E-state index < -0.39 is 0 Å². The van der Waals surface area contributed by atoms with Crippen LogP contribution in [0.1, 0.15) is 36.7 Å². The molecule has 2 heterocycles. The van der Waals surface area contributed by atoms with Crippen molar-refractivity contribution >= 4 is 11.8 Å². The lowest BCUT2D eigenvalue weighted by Gasteiger charge is -2.09. The number of rotatable bonds is 6. The molecule has 0 aliphatic rings. The number of hydrogen-bond donors (Lipinski definition) is 0. The molecule has 3 rings (SSSR count). The highest BCUT2D eigenvalue weighted by Gasteiger charge is 2.15. The summed E-state index contributed by atoms with van der Waals surface area (Å²) in [5.41, 5.74) is 3.26. The summed E-state index contributed by atoms with van der Waals surface area (Å²) in [6, 6.07) is 6.13. The maximum atomic E-state index is 5.30. The van der Waals surface area contributed by atoms with Crippen molar-refractivity contribution in [2.45, 2.75) is 45.0 Å². The average molecular weight is 344 g/mol. The molecule has 0 unspecified atom stereocenters. The Morgan fingerprint density at radius 2 is 1.96 bits per heavy atom. The van der Waals surface area contributed by atoms with Crippen LogP contribution in [-0.2, 0) is 12.2 Å². The number of para-hydroxylation sites is 1. The van der Waals surface area contributed by atoms with E-state index in [0.29, 0.717) is 22.7 Å². The first-order chi connectivity index (χ1) is 11.5. The van der Waals surface area contributed by atoms with E-state index in [9.17, 15) is 0 Å². The minimum atomic E-state index is 0.499. The summed E-state index contributed by atoms with van der Waals surface area (Å²) in [6.45, 7) is 8.36. The predicted octanol–water partition coefficient (Wildman–Crippen LogP) is 3.15. The van der Waals surface area contributed by atoms with Crippen LogP contribution in [0.15, 0.2) is 27.9 Å². The zero-order valence-corrected chi connectivity index (χ0v) is 15.0. The molecule has 24 heavy (non-hydrogen) atoms. The highest BCUT2D eigenvalue weighted by atomic mass is 32.2. The Morgan fingerprint density at radius 1 is 1.21 bits per heavy atom. The van der Waals surface area contributed by atoms with Crippen LogP contribution >= 0.6 is 11.8 Å². The van der Waals surface area contributed by atoms with Gasteiger partial charge in [0.25, 0.3) is 0 Å². The molecule has 0 aliphatic carbocycles. The Kier molecular flexibility index (Phi) is 4.94. The SMILES string of the molecule is Cc1cccc(C)c1-n1nnnc1SCc1nc(CC(C)C)no1. The van der Waals surface area contributed by atoms with E-state index in [1.807, 2.05) is 6.07 Å². The lowest BCUT2D eigenvalue weighted by molar-refractivity contribution is 0.382. The minimum Gasteiger partial charge on any atom is -0.338 e. The van der Waals surface area contributed by atoms with Crippen LogP contribution in [0.4, 0.5) is 0 Å². The van der Waals surface area contributed by atoms with Gasteiger partial charge in [-0.05, 0) is 41.3 Å². The molecule has 0 N–H and O–H groups in total. The fourth-order valence-electron chi connectivity index (χ4n) is 2.47. The number of thioether (sulfide) groups is 1. The second-order valence-corrected chi connectivity index (χ2v) is 7.05. The summed E-state index contributed by atoms with van der Waals surface area (Å²) < 4.78 is 7.06. The second kappa shape index (κ2) is 7.12. The van der Waals surface area contributed by atoms with Crippen LogP contribution in [0.3, 0.4) is 0 Å². The molecule has 3 aromatic rings. The molecule has 0 atom stereocenters. The van der Waals surface area contributed by atoms with E-state index >= 15 is 0 Å². The van der Waals surface area contributed by atoms with E-state index in [-0.39, 0.29) is 0 Å². The Morgan fingerprint density at radius 3 is 2.67 bits per heavy atom. The van der Waals surface area contributed by atoms with Crippen molar-refractivity contribution in [1.82, 2.24) is 30.3 Å². The van der Waals surface area contributed by atoms with Crippen molar-refractivity contribution in [2.75, 3.05) is 0 Å². The van der Waals surface area contributed by atoms with Crippen LogP contribution < -0.4 is 0 Å². The van der Waals surface area contributed by atoms with Crippen LogP contribution in [0.2, 0.25) is 0 Å². The molecule has 1 aromatic carbocycles. The van der Waals surface area contributed by atoms with Crippen molar-refractivity contribution < 1.29 is 4.52 Å². The van der Waals surface area contributed by atoms with Gasteiger partial charge in [-0.25, -0.2) is 0 Å². The summed E-state index contributed by atoms with van der Waals surface area (Å²) in [5.74, 6) is 2.37. The molecule has 0 radical (unpaired) electrons. The standard InChI is InChI=1S/C16H20N6OS/c1-10(2)8-13-17-14(23-19-13)9-24-16-18-20-21-22(16)15-11(3)6-5-7-12(15)4/h5-7,10H,8-9H2,1-4H3. The van der Waals surface area contributed by atoms with Crippen molar-refractivity contribution in [3.8, 4) is 5.69 Å². The summed E-state index contributed by atoms with van der Waals surface area (Å²) in [4.78, 5) is 4.41. The van der Waals surface area contributed by atoms with Crippen molar-refractivity contribution in [1.29, 1.82) is 0 Å². The van der Waals surface area contributed by atoms with Gasteiger partial charge in [-0.2, -0.15) is 9.67 Å². The van der Waals surface area contributed by atoms with E-state index in [4.69, 9.17) is 4.52 Å². The van der Waals surface area contributed by atoms with Crippen LogP contribution in [0.25, 0.3) is 5.69 Å². The maximum Gasteiger partial charge on any atom is 0.237 e. The fourth-order valence-corrected chi connectivity index (χ4v) is 3.19. The summed E-state index contributed by atoms with van der Waals surface area (Å²) >= 11 is 1.48. The molecule has 126 valence electrons. The van der Waals surface area contributed by atoms with Gasteiger partial charge in [-0.15, -0.1) is 5.10 Å². The monoisotopic (exact) mass is 344 g/mol. The van der Waals surface area contributed by atoms with Crippen LogP contribution in [0, 0.1) is 19.8 Å². The lowest BCUT2D eigenvalue weighted by atomic mass is 10.1. The van der Waals surface area contributed by atoms with Crippen molar-refractivity contribution in [2.24, 2.45) is 5.92 Å². The van der Waals surface area contributed by atoms with E-state index in [1.165, 1.54) is 11.8 Å². The Hall–Kier alpha value is -2.22. The van der Waals surface area contributed by atoms with Gasteiger partial charge in [0.05, 0.1) is 11.4 Å². The van der Waals surface area contributed by atoms with Gasteiger partial charge in [0, 0.05) is 6.42 Å². The highest BCUT2D eigenvalue weighted by molar-refractivity contribution is 7.98. The fraction of sp³-hybridized carbons (Fsp3) is 0.438. The molecule has 0 fully saturated rings. The topological polar surface area (TPSA) is 82.5 Å². The third kappa shape index (κ3) is 3.64. The van der Waals surface area contributed by atoms with E-state index in [2.05, 4.69) is 65.5 Å². The predicted molar refractivity (Wildman–Crippen MR) is 91.0 cm³/mol. The zero-order valence-electron chi connectivity index (χ0n) is 14.2. The third-order valence-corrected chi connectivity index (χ3v) is 4.42. The Bertz CT molecular complexity index is 805. The molecule has 0 saturated carbocycles. The van der Waals surface area contributed by atoms with Crippen LogP contribution in [-0.4, -0.2) is 30.3 Å². The molecular formula is C16H20N6OS.